The van der Waals surface area contributed by atoms with E-state index < -0.39 is 12.0 Å². The standard InChI is InChI=1S/C11H22N2O3/c1-4-7(2)10(12)11(16)13-8(3)5-6-9(14)15/h7-8,10H,4-6,12H2,1-3H3,(H,13,16)(H,14,15). The van der Waals surface area contributed by atoms with Crippen LogP contribution in [0.5, 0.6) is 0 Å². The molecule has 0 bridgehead atoms. The van der Waals surface area contributed by atoms with Crippen molar-refractivity contribution < 1.29 is 14.7 Å². The van der Waals surface area contributed by atoms with Gasteiger partial charge in [0.05, 0.1) is 6.04 Å². The molecule has 0 saturated heterocycles. The van der Waals surface area contributed by atoms with E-state index in [9.17, 15) is 9.59 Å². The molecule has 0 spiro atoms. The summed E-state index contributed by atoms with van der Waals surface area (Å²) in [5.74, 6) is -0.925. The zero-order chi connectivity index (χ0) is 12.7. The van der Waals surface area contributed by atoms with Gasteiger partial charge in [-0.3, -0.25) is 9.59 Å². The van der Waals surface area contributed by atoms with Crippen LogP contribution in [0.1, 0.15) is 40.0 Å². The fourth-order valence-corrected chi connectivity index (χ4v) is 1.26. The molecule has 0 heterocycles. The molecular formula is C11H22N2O3. The average Bonchev–Trinajstić information content (AvgIpc) is 2.24. The lowest BCUT2D eigenvalue weighted by Gasteiger charge is -2.20. The third-order valence-electron chi connectivity index (χ3n) is 2.74. The van der Waals surface area contributed by atoms with Crippen molar-refractivity contribution in [3.8, 4) is 0 Å². The van der Waals surface area contributed by atoms with E-state index in [0.717, 1.165) is 6.42 Å². The van der Waals surface area contributed by atoms with Gasteiger partial charge in [0.1, 0.15) is 0 Å². The molecule has 0 aromatic heterocycles. The highest BCUT2D eigenvalue weighted by atomic mass is 16.4. The second-order valence-corrected chi connectivity index (χ2v) is 4.25. The predicted octanol–water partition coefficient (Wildman–Crippen LogP) is 0.729. The molecule has 94 valence electrons. The molecule has 0 saturated carbocycles. The number of hydrogen-bond donors (Lipinski definition) is 3. The Hall–Kier alpha value is -1.10. The van der Waals surface area contributed by atoms with Gasteiger partial charge >= 0.3 is 5.97 Å². The molecule has 5 nitrogen and oxygen atoms in total. The van der Waals surface area contributed by atoms with Gasteiger partial charge in [-0.15, -0.1) is 0 Å². The summed E-state index contributed by atoms with van der Waals surface area (Å²) in [5.41, 5.74) is 5.75. The SMILES string of the molecule is CCC(C)C(N)C(=O)NC(C)CCC(=O)O. The van der Waals surface area contributed by atoms with Crippen LogP contribution in [0.15, 0.2) is 0 Å². The van der Waals surface area contributed by atoms with Gasteiger partial charge in [0, 0.05) is 12.5 Å². The Kier molecular flexibility index (Phi) is 6.72. The van der Waals surface area contributed by atoms with Crippen LogP contribution in [0, 0.1) is 5.92 Å². The van der Waals surface area contributed by atoms with Crippen LogP contribution in [-0.4, -0.2) is 29.1 Å². The topological polar surface area (TPSA) is 92.4 Å². The van der Waals surface area contributed by atoms with Crippen molar-refractivity contribution in [2.45, 2.75) is 52.1 Å². The Labute approximate surface area is 96.4 Å². The van der Waals surface area contributed by atoms with Crippen molar-refractivity contribution in [3.05, 3.63) is 0 Å². The summed E-state index contributed by atoms with van der Waals surface area (Å²) in [6, 6.07) is -0.670. The highest BCUT2D eigenvalue weighted by Crippen LogP contribution is 2.06. The van der Waals surface area contributed by atoms with Crippen molar-refractivity contribution >= 4 is 11.9 Å². The molecule has 0 radical (unpaired) electrons. The molecular weight excluding hydrogens is 208 g/mol. The van der Waals surface area contributed by atoms with E-state index >= 15 is 0 Å². The van der Waals surface area contributed by atoms with E-state index in [0.29, 0.717) is 6.42 Å². The van der Waals surface area contributed by atoms with E-state index in [-0.39, 0.29) is 24.3 Å². The van der Waals surface area contributed by atoms with Crippen LogP contribution in [0.25, 0.3) is 0 Å². The van der Waals surface area contributed by atoms with Crippen molar-refractivity contribution in [2.75, 3.05) is 0 Å². The van der Waals surface area contributed by atoms with Gasteiger partial charge in [0.25, 0.3) is 0 Å². The summed E-state index contributed by atoms with van der Waals surface area (Å²) < 4.78 is 0. The Morgan fingerprint density at radius 3 is 2.38 bits per heavy atom. The molecule has 3 unspecified atom stereocenters. The largest absolute Gasteiger partial charge is 0.481 e. The van der Waals surface area contributed by atoms with E-state index in [1.54, 1.807) is 6.92 Å². The summed E-state index contributed by atoms with van der Waals surface area (Å²) in [5, 5.41) is 11.2. The minimum absolute atomic E-state index is 0.0556. The Bertz CT molecular complexity index is 243. The summed E-state index contributed by atoms with van der Waals surface area (Å²) in [4.78, 5) is 22.0. The number of amides is 1. The minimum atomic E-state index is -0.854. The first-order valence-corrected chi connectivity index (χ1v) is 5.66. The zero-order valence-corrected chi connectivity index (χ0v) is 10.2. The maximum absolute atomic E-state index is 11.6. The van der Waals surface area contributed by atoms with Crippen molar-refractivity contribution in [3.63, 3.8) is 0 Å². The lowest BCUT2D eigenvalue weighted by atomic mass is 9.99. The summed E-state index contributed by atoms with van der Waals surface area (Å²) in [6.07, 6.45) is 1.33. The van der Waals surface area contributed by atoms with E-state index in [1.165, 1.54) is 0 Å². The Balaban J connectivity index is 3.98. The van der Waals surface area contributed by atoms with E-state index in [4.69, 9.17) is 10.8 Å². The second-order valence-electron chi connectivity index (χ2n) is 4.25. The van der Waals surface area contributed by atoms with Crippen LogP contribution >= 0.6 is 0 Å². The number of carbonyl (C=O) groups excluding carboxylic acids is 1. The van der Waals surface area contributed by atoms with Crippen molar-refractivity contribution in [1.29, 1.82) is 0 Å². The van der Waals surface area contributed by atoms with Crippen LogP contribution in [0.3, 0.4) is 0 Å². The number of rotatable bonds is 7. The highest BCUT2D eigenvalue weighted by molar-refractivity contribution is 5.82. The summed E-state index contributed by atoms with van der Waals surface area (Å²) in [6.45, 7) is 5.68. The number of carboxylic acid groups (broad SMARTS) is 1. The molecule has 5 heteroatoms. The van der Waals surface area contributed by atoms with Crippen LogP contribution < -0.4 is 11.1 Å². The third-order valence-corrected chi connectivity index (χ3v) is 2.74. The van der Waals surface area contributed by atoms with Crippen molar-refractivity contribution in [1.82, 2.24) is 5.32 Å². The maximum atomic E-state index is 11.6. The Morgan fingerprint density at radius 2 is 1.94 bits per heavy atom. The molecule has 0 fully saturated rings. The lowest BCUT2D eigenvalue weighted by molar-refractivity contribution is -0.137. The molecule has 3 atom stereocenters. The van der Waals surface area contributed by atoms with Crippen LogP contribution in [0.4, 0.5) is 0 Å². The molecule has 0 rings (SSSR count). The van der Waals surface area contributed by atoms with Crippen LogP contribution in [0.2, 0.25) is 0 Å². The molecule has 0 aromatic carbocycles. The lowest BCUT2D eigenvalue weighted by Crippen LogP contribution is -2.47. The van der Waals surface area contributed by atoms with Gasteiger partial charge in [-0.2, -0.15) is 0 Å². The molecule has 16 heavy (non-hydrogen) atoms. The molecule has 4 N–H and O–H groups in total. The van der Waals surface area contributed by atoms with Gasteiger partial charge in [0.2, 0.25) is 5.91 Å². The first-order chi connectivity index (χ1) is 7.38. The number of hydrogen-bond acceptors (Lipinski definition) is 3. The quantitative estimate of drug-likeness (QED) is 0.601. The third kappa shape index (κ3) is 5.70. The summed E-state index contributed by atoms with van der Waals surface area (Å²) in [7, 11) is 0. The first kappa shape index (κ1) is 14.9. The van der Waals surface area contributed by atoms with Gasteiger partial charge in [0.15, 0.2) is 0 Å². The summed E-state index contributed by atoms with van der Waals surface area (Å²) >= 11 is 0. The number of nitrogens with one attached hydrogen (secondary N) is 1. The molecule has 0 aliphatic heterocycles. The Morgan fingerprint density at radius 1 is 1.38 bits per heavy atom. The number of carbonyl (C=O) groups is 2. The number of carboxylic acids is 1. The highest BCUT2D eigenvalue weighted by Gasteiger charge is 2.20. The van der Waals surface area contributed by atoms with Crippen LogP contribution in [-0.2, 0) is 9.59 Å². The molecule has 0 aromatic rings. The maximum Gasteiger partial charge on any atom is 0.303 e. The van der Waals surface area contributed by atoms with Gasteiger partial charge in [-0.05, 0) is 19.3 Å². The predicted molar refractivity (Wildman–Crippen MR) is 61.9 cm³/mol. The van der Waals surface area contributed by atoms with Crippen molar-refractivity contribution in [2.24, 2.45) is 11.7 Å². The number of nitrogens with two attached hydrogens (primary N) is 1. The molecule has 1 amide bonds. The molecule has 0 aliphatic rings. The van der Waals surface area contributed by atoms with Gasteiger partial charge in [-0.25, -0.2) is 0 Å². The monoisotopic (exact) mass is 230 g/mol. The van der Waals surface area contributed by atoms with E-state index in [2.05, 4.69) is 5.32 Å². The first-order valence-electron chi connectivity index (χ1n) is 5.66. The van der Waals surface area contributed by atoms with Gasteiger partial charge < -0.3 is 16.2 Å². The molecule has 0 aliphatic carbocycles. The van der Waals surface area contributed by atoms with E-state index in [1.807, 2.05) is 13.8 Å². The normalized spacial score (nSPS) is 16.2. The average molecular weight is 230 g/mol. The number of aliphatic carboxylic acids is 1. The minimum Gasteiger partial charge on any atom is -0.481 e. The fraction of sp³-hybridized carbons (Fsp3) is 0.818. The zero-order valence-electron chi connectivity index (χ0n) is 10.2. The smallest absolute Gasteiger partial charge is 0.303 e. The second kappa shape index (κ2) is 7.22. The van der Waals surface area contributed by atoms with Gasteiger partial charge in [-0.1, -0.05) is 20.3 Å². The fourth-order valence-electron chi connectivity index (χ4n) is 1.26.